The number of benzene rings is 2. The molecule has 1 amide bonds. The van der Waals surface area contributed by atoms with Crippen molar-refractivity contribution in [3.63, 3.8) is 0 Å². The van der Waals surface area contributed by atoms with Gasteiger partial charge in [-0.05, 0) is 81.1 Å². The zero-order valence-corrected chi connectivity index (χ0v) is 17.6. The number of amides is 1. The Morgan fingerprint density at radius 2 is 1.88 bits per heavy atom. The van der Waals surface area contributed by atoms with Crippen molar-refractivity contribution in [1.29, 1.82) is 5.26 Å². The van der Waals surface area contributed by atoms with E-state index in [0.29, 0.717) is 23.4 Å². The molecule has 2 rings (SSSR count). The number of carbonyl (C=O) groups excluding carboxylic acids is 1. The van der Waals surface area contributed by atoms with Crippen LogP contribution in [0.2, 0.25) is 10.0 Å². The Morgan fingerprint density at radius 3 is 2.46 bits per heavy atom. The van der Waals surface area contributed by atoms with Gasteiger partial charge in [-0.2, -0.15) is 5.26 Å². The van der Waals surface area contributed by atoms with E-state index in [4.69, 9.17) is 23.2 Å². The van der Waals surface area contributed by atoms with Gasteiger partial charge >= 0.3 is 0 Å². The number of rotatable bonds is 3. The highest BCUT2D eigenvalue weighted by molar-refractivity contribution is 14.1. The van der Waals surface area contributed by atoms with E-state index in [1.165, 1.54) is 6.08 Å². The van der Waals surface area contributed by atoms with Crippen LogP contribution >= 0.6 is 68.4 Å². The lowest BCUT2D eigenvalue weighted by molar-refractivity contribution is -0.112. The molecule has 8 heteroatoms. The summed E-state index contributed by atoms with van der Waals surface area (Å²) in [5.41, 5.74) is 0.860. The highest BCUT2D eigenvalue weighted by Gasteiger charge is 2.13. The summed E-state index contributed by atoms with van der Waals surface area (Å²) >= 11 is 15.9. The molecule has 0 aromatic heterocycles. The molecule has 0 heterocycles. The average molecular weight is 585 g/mol. The molecule has 0 atom stereocenters. The Morgan fingerprint density at radius 1 is 1.25 bits per heavy atom. The van der Waals surface area contributed by atoms with Crippen molar-refractivity contribution in [3.8, 4) is 11.8 Å². The zero-order valence-electron chi connectivity index (χ0n) is 11.8. The molecule has 122 valence electrons. The summed E-state index contributed by atoms with van der Waals surface area (Å²) in [4.78, 5) is 12.3. The number of phenolic OH excluding ortho intramolecular Hbond substituents is 1. The van der Waals surface area contributed by atoms with E-state index >= 15 is 0 Å². The molecule has 0 aliphatic rings. The first kappa shape index (κ1) is 19.3. The number of hydrogen-bond donors (Lipinski definition) is 2. The monoisotopic (exact) mass is 584 g/mol. The molecule has 0 radical (unpaired) electrons. The number of nitriles is 1. The summed E-state index contributed by atoms with van der Waals surface area (Å²) in [5.74, 6) is -0.429. The molecule has 0 aliphatic carbocycles. The van der Waals surface area contributed by atoms with Gasteiger partial charge in [0.05, 0.1) is 22.9 Å². The molecule has 2 aromatic carbocycles. The minimum absolute atomic E-state index is 0.0941. The van der Waals surface area contributed by atoms with Crippen molar-refractivity contribution in [1.82, 2.24) is 0 Å². The number of nitrogens with zero attached hydrogens (tertiary/aromatic N) is 1. The summed E-state index contributed by atoms with van der Waals surface area (Å²) in [7, 11) is 0. The SMILES string of the molecule is N#C/C(=C/c1cc(I)c(O)c(I)c1)C(=O)Nc1cccc(Cl)c1Cl. The standard InChI is InChI=1S/C16H8Cl2I2N2O2/c17-10-2-1-3-13(14(10)18)22-16(24)9(7-21)4-8-5-11(19)15(23)12(20)6-8/h1-6,23H,(H,22,24)/b9-4-. The van der Waals surface area contributed by atoms with Crippen LogP contribution in [-0.4, -0.2) is 11.0 Å². The van der Waals surface area contributed by atoms with Gasteiger partial charge < -0.3 is 10.4 Å². The number of phenols is 1. The third kappa shape index (κ3) is 4.53. The minimum Gasteiger partial charge on any atom is -0.506 e. The van der Waals surface area contributed by atoms with Gasteiger partial charge in [0.2, 0.25) is 0 Å². The molecule has 0 saturated carbocycles. The Balaban J connectivity index is 2.33. The highest BCUT2D eigenvalue weighted by atomic mass is 127. The van der Waals surface area contributed by atoms with Crippen LogP contribution in [-0.2, 0) is 4.79 Å². The molecule has 0 fully saturated rings. The van der Waals surface area contributed by atoms with Crippen molar-refractivity contribution in [2.75, 3.05) is 5.32 Å². The molecule has 2 aromatic rings. The van der Waals surface area contributed by atoms with Crippen molar-refractivity contribution in [2.45, 2.75) is 0 Å². The fourth-order valence-electron chi connectivity index (χ4n) is 1.77. The van der Waals surface area contributed by atoms with Crippen LogP contribution in [0.4, 0.5) is 5.69 Å². The molecule has 0 aliphatic heterocycles. The van der Waals surface area contributed by atoms with E-state index in [1.807, 2.05) is 51.3 Å². The number of nitrogens with one attached hydrogen (secondary N) is 1. The van der Waals surface area contributed by atoms with Crippen LogP contribution in [0.25, 0.3) is 6.08 Å². The predicted octanol–water partition coefficient (Wildman–Crippen LogP) is 5.45. The number of anilines is 1. The number of carbonyl (C=O) groups is 1. The van der Waals surface area contributed by atoms with E-state index in [9.17, 15) is 15.2 Å². The fourth-order valence-corrected chi connectivity index (χ4v) is 3.94. The second kappa shape index (κ2) is 8.38. The zero-order chi connectivity index (χ0) is 17.9. The smallest absolute Gasteiger partial charge is 0.266 e. The Bertz CT molecular complexity index is 869. The largest absolute Gasteiger partial charge is 0.506 e. The molecule has 2 N–H and O–H groups in total. The van der Waals surface area contributed by atoms with Crippen LogP contribution in [0.1, 0.15) is 5.56 Å². The number of hydrogen-bond acceptors (Lipinski definition) is 3. The topological polar surface area (TPSA) is 73.1 Å². The molecule has 0 bridgehead atoms. The van der Waals surface area contributed by atoms with Gasteiger partial charge in [0.25, 0.3) is 5.91 Å². The Kier molecular flexibility index (Phi) is 6.74. The van der Waals surface area contributed by atoms with Crippen molar-refractivity contribution in [3.05, 3.63) is 58.7 Å². The number of aromatic hydroxyl groups is 1. The van der Waals surface area contributed by atoms with Crippen molar-refractivity contribution in [2.24, 2.45) is 0 Å². The van der Waals surface area contributed by atoms with Gasteiger partial charge in [-0.25, -0.2) is 0 Å². The van der Waals surface area contributed by atoms with E-state index in [-0.39, 0.29) is 16.3 Å². The lowest BCUT2D eigenvalue weighted by atomic mass is 10.1. The molecule has 0 unspecified atom stereocenters. The van der Waals surface area contributed by atoms with Gasteiger partial charge in [-0.3, -0.25) is 4.79 Å². The first-order valence-electron chi connectivity index (χ1n) is 6.38. The third-order valence-electron chi connectivity index (χ3n) is 2.92. The normalized spacial score (nSPS) is 11.0. The maximum absolute atomic E-state index is 12.3. The molecular weight excluding hydrogens is 577 g/mol. The van der Waals surface area contributed by atoms with Gasteiger partial charge in [0.15, 0.2) is 0 Å². The molecule has 4 nitrogen and oxygen atoms in total. The quantitative estimate of drug-likeness (QED) is 0.286. The minimum atomic E-state index is -0.597. The second-order valence-corrected chi connectivity index (χ2v) is 7.67. The van der Waals surface area contributed by atoms with Gasteiger partial charge in [-0.1, -0.05) is 29.3 Å². The Labute approximate surface area is 175 Å². The molecule has 0 spiro atoms. The summed E-state index contributed by atoms with van der Waals surface area (Å²) in [5, 5.41) is 22.1. The summed E-state index contributed by atoms with van der Waals surface area (Å²) in [6.07, 6.45) is 1.44. The van der Waals surface area contributed by atoms with Crippen LogP contribution < -0.4 is 5.32 Å². The van der Waals surface area contributed by atoms with Gasteiger partial charge in [0.1, 0.15) is 17.4 Å². The highest BCUT2D eigenvalue weighted by Crippen LogP contribution is 2.30. The predicted molar refractivity (Wildman–Crippen MR) is 112 cm³/mol. The number of halogens is 4. The lowest BCUT2D eigenvalue weighted by Crippen LogP contribution is -2.13. The van der Waals surface area contributed by atoms with Crippen LogP contribution in [0.15, 0.2) is 35.9 Å². The van der Waals surface area contributed by atoms with Crippen LogP contribution in [0.3, 0.4) is 0 Å². The second-order valence-electron chi connectivity index (χ2n) is 4.56. The maximum atomic E-state index is 12.3. The summed E-state index contributed by atoms with van der Waals surface area (Å²) in [6.45, 7) is 0. The van der Waals surface area contributed by atoms with Gasteiger partial charge in [-0.15, -0.1) is 0 Å². The Hall–Kier alpha value is -1.02. The summed E-state index contributed by atoms with van der Waals surface area (Å²) < 4.78 is 1.25. The van der Waals surface area contributed by atoms with Gasteiger partial charge in [0, 0.05) is 0 Å². The lowest BCUT2D eigenvalue weighted by Gasteiger charge is -2.08. The van der Waals surface area contributed by atoms with E-state index in [1.54, 1.807) is 30.3 Å². The molecular formula is C16H8Cl2I2N2O2. The van der Waals surface area contributed by atoms with E-state index < -0.39 is 5.91 Å². The van der Waals surface area contributed by atoms with Crippen LogP contribution in [0, 0.1) is 18.5 Å². The average Bonchev–Trinajstić information content (AvgIpc) is 2.54. The third-order valence-corrected chi connectivity index (χ3v) is 5.38. The van der Waals surface area contributed by atoms with E-state index in [2.05, 4.69) is 5.32 Å². The van der Waals surface area contributed by atoms with Crippen molar-refractivity contribution < 1.29 is 9.90 Å². The van der Waals surface area contributed by atoms with Crippen molar-refractivity contribution >= 4 is 86.1 Å². The first-order chi connectivity index (χ1) is 11.3. The first-order valence-corrected chi connectivity index (χ1v) is 9.30. The molecule has 0 saturated heterocycles. The maximum Gasteiger partial charge on any atom is 0.266 e. The van der Waals surface area contributed by atoms with E-state index in [0.717, 1.165) is 0 Å². The van der Waals surface area contributed by atoms with Crippen LogP contribution in [0.5, 0.6) is 5.75 Å². The molecule has 24 heavy (non-hydrogen) atoms. The fraction of sp³-hybridized carbons (Fsp3) is 0. The summed E-state index contributed by atoms with van der Waals surface area (Å²) in [6, 6.07) is 10.0.